The predicted molar refractivity (Wildman–Crippen MR) is 81.2 cm³/mol. The number of aromatic amines is 1. The van der Waals surface area contributed by atoms with E-state index in [0.717, 1.165) is 0 Å². The molecule has 0 fully saturated rings. The third-order valence-electron chi connectivity index (χ3n) is 2.52. The molecule has 1 aromatic carbocycles. The fourth-order valence-corrected chi connectivity index (χ4v) is 2.55. The molecule has 0 radical (unpaired) electrons. The Kier molecular flexibility index (Phi) is 4.38. The number of rotatable bonds is 2. The molecule has 8 heteroatoms. The van der Waals surface area contributed by atoms with Gasteiger partial charge in [0.25, 0.3) is 5.56 Å². The largest absolute Gasteiger partial charge is 0.506 e. The molecular weight excluding hydrogens is 366 g/mol. The van der Waals surface area contributed by atoms with Crippen LogP contribution in [0.4, 0.5) is 0 Å². The van der Waals surface area contributed by atoms with Crippen LogP contribution >= 0.6 is 39.3 Å². The molecule has 20 heavy (non-hydrogen) atoms. The highest BCUT2D eigenvalue weighted by Gasteiger charge is 2.20. The van der Waals surface area contributed by atoms with Gasteiger partial charge in [0.15, 0.2) is 5.16 Å². The van der Waals surface area contributed by atoms with Crippen molar-refractivity contribution in [1.29, 1.82) is 5.26 Å². The van der Waals surface area contributed by atoms with Gasteiger partial charge in [-0.05, 0) is 34.3 Å². The van der Waals surface area contributed by atoms with Crippen molar-refractivity contribution in [3.8, 4) is 23.1 Å². The second kappa shape index (κ2) is 5.87. The first-order valence-electron chi connectivity index (χ1n) is 5.25. The third kappa shape index (κ3) is 2.54. The van der Waals surface area contributed by atoms with E-state index < -0.39 is 5.56 Å². The summed E-state index contributed by atoms with van der Waals surface area (Å²) < 4.78 is 0.397. The van der Waals surface area contributed by atoms with Crippen molar-refractivity contribution in [2.75, 3.05) is 6.26 Å². The number of benzene rings is 1. The van der Waals surface area contributed by atoms with Gasteiger partial charge in [0.05, 0.1) is 15.1 Å². The number of aromatic hydroxyl groups is 1. The van der Waals surface area contributed by atoms with Crippen molar-refractivity contribution in [3.05, 3.63) is 37.5 Å². The highest BCUT2D eigenvalue weighted by Crippen LogP contribution is 2.40. The molecule has 0 saturated carbocycles. The Hall–Kier alpha value is -1.49. The molecule has 2 aromatic rings. The second-order valence-electron chi connectivity index (χ2n) is 3.66. The van der Waals surface area contributed by atoms with Crippen molar-refractivity contribution >= 4 is 39.3 Å². The van der Waals surface area contributed by atoms with E-state index in [0.29, 0.717) is 9.63 Å². The van der Waals surface area contributed by atoms with E-state index in [2.05, 4.69) is 25.9 Å². The molecule has 0 aliphatic heterocycles. The first kappa shape index (κ1) is 14.9. The van der Waals surface area contributed by atoms with Gasteiger partial charge in [-0.25, -0.2) is 4.98 Å². The third-order valence-corrected chi connectivity index (χ3v) is 4.05. The van der Waals surface area contributed by atoms with Crippen LogP contribution in [-0.4, -0.2) is 21.3 Å². The molecule has 0 unspecified atom stereocenters. The summed E-state index contributed by atoms with van der Waals surface area (Å²) in [6, 6.07) is 4.90. The molecule has 0 saturated heterocycles. The average molecular weight is 373 g/mol. The second-order valence-corrected chi connectivity index (χ2v) is 5.72. The number of nitrogens with zero attached hydrogens (tertiary/aromatic N) is 2. The summed E-state index contributed by atoms with van der Waals surface area (Å²) in [7, 11) is 0. The molecule has 1 heterocycles. The van der Waals surface area contributed by atoms with Crippen molar-refractivity contribution in [1.82, 2.24) is 9.97 Å². The van der Waals surface area contributed by atoms with Crippen LogP contribution in [0.15, 0.2) is 26.6 Å². The Morgan fingerprint density at radius 2 is 2.25 bits per heavy atom. The molecule has 0 bridgehead atoms. The summed E-state index contributed by atoms with van der Waals surface area (Å²) in [5, 5.41) is 19.8. The lowest BCUT2D eigenvalue weighted by molar-refractivity contribution is 0.473. The first-order valence-corrected chi connectivity index (χ1v) is 7.65. The maximum Gasteiger partial charge on any atom is 0.270 e. The fraction of sp³-hybridized carbons (Fsp3) is 0.0833. The Morgan fingerprint density at radius 3 is 2.85 bits per heavy atom. The summed E-state index contributed by atoms with van der Waals surface area (Å²) in [5.41, 5.74) is -0.557. The first-order chi connectivity index (χ1) is 9.49. The number of halogens is 2. The maximum absolute atomic E-state index is 11.9. The zero-order valence-electron chi connectivity index (χ0n) is 10.1. The van der Waals surface area contributed by atoms with Gasteiger partial charge in [0, 0.05) is 0 Å². The monoisotopic (exact) mass is 371 g/mol. The number of nitriles is 1. The van der Waals surface area contributed by atoms with Gasteiger partial charge in [-0.2, -0.15) is 5.26 Å². The zero-order chi connectivity index (χ0) is 14.9. The van der Waals surface area contributed by atoms with Crippen LogP contribution in [0.3, 0.4) is 0 Å². The molecule has 1 aromatic heterocycles. The van der Waals surface area contributed by atoms with Crippen molar-refractivity contribution in [3.63, 3.8) is 0 Å². The minimum absolute atomic E-state index is 0.0596. The highest BCUT2D eigenvalue weighted by atomic mass is 79.9. The fourth-order valence-electron chi connectivity index (χ4n) is 1.60. The van der Waals surface area contributed by atoms with Crippen LogP contribution in [-0.2, 0) is 0 Å². The van der Waals surface area contributed by atoms with Gasteiger partial charge in [-0.3, -0.25) is 4.79 Å². The number of phenolic OH excluding ortho intramolecular Hbond substituents is 1. The molecule has 0 amide bonds. The standard InChI is InChI=1S/C12H7BrClN3O2S/c1-20-12-16-9(5(4-15)11(19)17-12)8-7(14)3-2-6(13)10(8)18/h2-3,18H,1H3,(H,16,17,19). The van der Waals surface area contributed by atoms with Crippen LogP contribution < -0.4 is 5.56 Å². The molecule has 2 rings (SSSR count). The van der Waals surface area contributed by atoms with Gasteiger partial charge in [-0.1, -0.05) is 23.4 Å². The quantitative estimate of drug-likeness (QED) is 0.624. The molecule has 0 aliphatic rings. The summed E-state index contributed by atoms with van der Waals surface area (Å²) in [5.74, 6) is -0.167. The molecule has 2 N–H and O–H groups in total. The van der Waals surface area contributed by atoms with E-state index in [1.165, 1.54) is 11.8 Å². The lowest BCUT2D eigenvalue weighted by Crippen LogP contribution is -2.14. The lowest BCUT2D eigenvalue weighted by Gasteiger charge is -2.10. The Bertz CT molecular complexity index is 785. The van der Waals surface area contributed by atoms with E-state index in [4.69, 9.17) is 16.9 Å². The number of hydrogen-bond donors (Lipinski definition) is 2. The minimum Gasteiger partial charge on any atom is -0.506 e. The molecule has 0 atom stereocenters. The van der Waals surface area contributed by atoms with Crippen molar-refractivity contribution in [2.45, 2.75) is 5.16 Å². The molecule has 0 aliphatic carbocycles. The summed E-state index contributed by atoms with van der Waals surface area (Å²) in [4.78, 5) is 18.5. The van der Waals surface area contributed by atoms with Gasteiger partial charge < -0.3 is 10.1 Å². The van der Waals surface area contributed by atoms with Crippen LogP contribution in [0.25, 0.3) is 11.3 Å². The molecule has 102 valence electrons. The summed E-state index contributed by atoms with van der Waals surface area (Å²) in [6.45, 7) is 0. The summed E-state index contributed by atoms with van der Waals surface area (Å²) in [6.07, 6.45) is 1.73. The zero-order valence-corrected chi connectivity index (χ0v) is 13.2. The Morgan fingerprint density at radius 1 is 1.55 bits per heavy atom. The van der Waals surface area contributed by atoms with Crippen molar-refractivity contribution < 1.29 is 5.11 Å². The number of phenols is 1. The smallest absolute Gasteiger partial charge is 0.270 e. The average Bonchev–Trinajstić information content (AvgIpc) is 2.43. The normalized spacial score (nSPS) is 10.3. The molecule has 5 nitrogen and oxygen atoms in total. The topological polar surface area (TPSA) is 89.8 Å². The SMILES string of the molecule is CSc1nc(-c2c(Cl)ccc(Br)c2O)c(C#N)c(=O)[nH]1. The Balaban J connectivity index is 2.89. The minimum atomic E-state index is -0.572. The maximum atomic E-state index is 11.9. The van der Waals surface area contributed by atoms with Gasteiger partial charge in [0.2, 0.25) is 0 Å². The van der Waals surface area contributed by atoms with Crippen molar-refractivity contribution in [2.24, 2.45) is 0 Å². The van der Waals surface area contributed by atoms with E-state index in [1.807, 2.05) is 0 Å². The van der Waals surface area contributed by atoms with Crippen LogP contribution in [0.5, 0.6) is 5.75 Å². The summed E-state index contributed by atoms with van der Waals surface area (Å²) >= 11 is 10.4. The number of thioether (sulfide) groups is 1. The molecule has 0 spiro atoms. The lowest BCUT2D eigenvalue weighted by atomic mass is 10.1. The van der Waals surface area contributed by atoms with E-state index in [1.54, 1.807) is 24.5 Å². The number of nitrogens with one attached hydrogen (secondary N) is 1. The van der Waals surface area contributed by atoms with Crippen LogP contribution in [0.2, 0.25) is 5.02 Å². The van der Waals surface area contributed by atoms with Crippen LogP contribution in [0, 0.1) is 11.3 Å². The van der Waals surface area contributed by atoms with E-state index in [-0.39, 0.29) is 27.6 Å². The highest BCUT2D eigenvalue weighted by molar-refractivity contribution is 9.10. The van der Waals surface area contributed by atoms with Gasteiger partial charge in [0.1, 0.15) is 23.1 Å². The van der Waals surface area contributed by atoms with Gasteiger partial charge in [-0.15, -0.1) is 0 Å². The van der Waals surface area contributed by atoms with Gasteiger partial charge >= 0.3 is 0 Å². The number of H-pyrrole nitrogens is 1. The van der Waals surface area contributed by atoms with Crippen LogP contribution in [0.1, 0.15) is 5.56 Å². The number of aromatic nitrogens is 2. The number of hydrogen-bond acceptors (Lipinski definition) is 5. The Labute approximate surface area is 131 Å². The van der Waals surface area contributed by atoms with E-state index >= 15 is 0 Å². The van der Waals surface area contributed by atoms with E-state index in [9.17, 15) is 9.90 Å². The predicted octanol–water partition coefficient (Wildman–Crippen LogP) is 3.15. The molecular formula is C12H7BrClN3O2S.